The molecule has 0 fully saturated rings. The number of ether oxygens (including phenoxy) is 1. The minimum Gasteiger partial charge on any atom is -0.477 e. The minimum absolute atomic E-state index is 0.00589. The van der Waals surface area contributed by atoms with Gasteiger partial charge < -0.3 is 20.3 Å². The number of hydrogen-bond donors (Lipinski definition) is 3. The van der Waals surface area contributed by atoms with Crippen molar-refractivity contribution in [3.8, 4) is 0 Å². The Labute approximate surface area is 122 Å². The van der Waals surface area contributed by atoms with Gasteiger partial charge in [0.25, 0.3) is 0 Å². The molecule has 0 aliphatic rings. The van der Waals surface area contributed by atoms with E-state index in [2.05, 4.69) is 10.3 Å². The number of rotatable bonds is 7. The molecular formula is C15H18N2O4. The molecule has 112 valence electrons. The van der Waals surface area contributed by atoms with Gasteiger partial charge in [-0.05, 0) is 17.9 Å². The highest BCUT2D eigenvalue weighted by atomic mass is 16.5. The molecular weight excluding hydrogens is 272 g/mol. The summed E-state index contributed by atoms with van der Waals surface area (Å²) in [6, 6.07) is 8.98. The van der Waals surface area contributed by atoms with Crippen molar-refractivity contribution in [2.45, 2.75) is 12.5 Å². The number of aliphatic hydroxyl groups is 1. The Hall–Kier alpha value is -2.18. The number of hydrogen-bond acceptors (Lipinski definition) is 5. The van der Waals surface area contributed by atoms with Crippen LogP contribution in [0.5, 0.6) is 0 Å². The number of nitrogens with one attached hydrogen (secondary N) is 1. The molecule has 0 amide bonds. The first-order chi connectivity index (χ1) is 10.1. The fourth-order valence-corrected chi connectivity index (χ4v) is 2.08. The number of pyridine rings is 1. The van der Waals surface area contributed by atoms with E-state index in [9.17, 15) is 9.90 Å². The second-order valence-corrected chi connectivity index (χ2v) is 4.71. The minimum atomic E-state index is -1.07. The summed E-state index contributed by atoms with van der Waals surface area (Å²) in [7, 11) is 1.53. The second-order valence-electron chi connectivity index (χ2n) is 4.71. The Balaban J connectivity index is 2.19. The summed E-state index contributed by atoms with van der Waals surface area (Å²) in [5.41, 5.74) is -0.00589. The lowest BCUT2D eigenvalue weighted by atomic mass is 10.1. The van der Waals surface area contributed by atoms with E-state index in [-0.39, 0.29) is 12.3 Å². The van der Waals surface area contributed by atoms with E-state index >= 15 is 0 Å². The van der Waals surface area contributed by atoms with Crippen molar-refractivity contribution in [3.05, 3.63) is 36.0 Å². The van der Waals surface area contributed by atoms with Crippen LogP contribution in [0.2, 0.25) is 0 Å². The van der Waals surface area contributed by atoms with Crippen LogP contribution in [0.3, 0.4) is 0 Å². The van der Waals surface area contributed by atoms with Crippen molar-refractivity contribution in [2.75, 3.05) is 25.6 Å². The number of methoxy groups -OCH3 is 1. The molecule has 0 saturated heterocycles. The maximum atomic E-state index is 11.1. The van der Waals surface area contributed by atoms with Crippen LogP contribution in [0.4, 0.5) is 5.82 Å². The second kappa shape index (κ2) is 7.01. The molecule has 0 saturated carbocycles. The summed E-state index contributed by atoms with van der Waals surface area (Å²) in [5.74, 6) is -0.557. The van der Waals surface area contributed by atoms with E-state index < -0.39 is 12.1 Å². The molecule has 0 spiro atoms. The molecule has 1 unspecified atom stereocenters. The molecule has 1 aromatic heterocycles. The number of aromatic carboxylic acids is 1. The lowest BCUT2D eigenvalue weighted by molar-refractivity contribution is 0.0615. The van der Waals surface area contributed by atoms with E-state index in [1.165, 1.54) is 7.11 Å². The van der Waals surface area contributed by atoms with Crippen molar-refractivity contribution < 1.29 is 19.7 Å². The van der Waals surface area contributed by atoms with E-state index in [1.54, 1.807) is 6.07 Å². The fourth-order valence-electron chi connectivity index (χ4n) is 2.08. The number of nitrogens with zero attached hydrogens (tertiary/aromatic N) is 1. The van der Waals surface area contributed by atoms with Gasteiger partial charge >= 0.3 is 5.97 Å². The summed E-state index contributed by atoms with van der Waals surface area (Å²) in [6.07, 6.45) is -0.0716. The van der Waals surface area contributed by atoms with Gasteiger partial charge in [-0.1, -0.05) is 24.3 Å². The highest BCUT2D eigenvalue weighted by molar-refractivity contribution is 5.97. The van der Waals surface area contributed by atoms with Crippen molar-refractivity contribution >= 4 is 22.6 Å². The molecule has 2 rings (SSSR count). The van der Waals surface area contributed by atoms with Gasteiger partial charge in [0.05, 0.1) is 12.7 Å². The normalized spacial score (nSPS) is 12.3. The quantitative estimate of drug-likeness (QED) is 0.719. The maximum absolute atomic E-state index is 11.1. The number of aliphatic hydroxyl groups excluding tert-OH is 1. The zero-order valence-electron chi connectivity index (χ0n) is 11.7. The Morgan fingerprint density at radius 3 is 2.90 bits per heavy atom. The lowest BCUT2D eigenvalue weighted by Crippen LogP contribution is -2.19. The van der Waals surface area contributed by atoms with Gasteiger partial charge in [0.15, 0.2) is 5.69 Å². The van der Waals surface area contributed by atoms with Crippen molar-refractivity contribution in [2.24, 2.45) is 0 Å². The van der Waals surface area contributed by atoms with Gasteiger partial charge in [-0.25, -0.2) is 9.78 Å². The molecule has 0 radical (unpaired) electrons. The number of carbonyl (C=O) groups is 1. The summed E-state index contributed by atoms with van der Waals surface area (Å²) < 4.78 is 4.86. The standard InChI is InChI=1S/C15H18N2O4/c1-21-9-11(18)6-7-16-14-12-5-3-2-4-10(12)8-13(17-14)15(19)20/h2-5,8,11,18H,6-7,9H2,1H3,(H,16,17)(H,19,20). The molecule has 0 bridgehead atoms. The molecule has 2 aromatic rings. The number of carboxylic acid groups (broad SMARTS) is 1. The van der Waals surface area contributed by atoms with E-state index in [4.69, 9.17) is 9.84 Å². The van der Waals surface area contributed by atoms with Crippen molar-refractivity contribution in [3.63, 3.8) is 0 Å². The van der Waals surface area contributed by atoms with Crippen LogP contribution in [0.15, 0.2) is 30.3 Å². The fraction of sp³-hybridized carbons (Fsp3) is 0.333. The molecule has 1 atom stereocenters. The summed E-state index contributed by atoms with van der Waals surface area (Å²) in [4.78, 5) is 15.2. The highest BCUT2D eigenvalue weighted by Crippen LogP contribution is 2.22. The number of carboxylic acids is 1. The van der Waals surface area contributed by atoms with Gasteiger partial charge in [-0.15, -0.1) is 0 Å². The third-order valence-corrected chi connectivity index (χ3v) is 3.09. The molecule has 6 nitrogen and oxygen atoms in total. The number of fused-ring (bicyclic) bond motifs is 1. The summed E-state index contributed by atoms with van der Waals surface area (Å²) in [6.45, 7) is 0.746. The van der Waals surface area contributed by atoms with Gasteiger partial charge in [0, 0.05) is 19.0 Å². The smallest absolute Gasteiger partial charge is 0.354 e. The van der Waals surface area contributed by atoms with E-state index in [0.717, 1.165) is 10.8 Å². The third-order valence-electron chi connectivity index (χ3n) is 3.09. The first-order valence-corrected chi connectivity index (χ1v) is 6.65. The van der Waals surface area contributed by atoms with Crippen LogP contribution in [0.1, 0.15) is 16.9 Å². The monoisotopic (exact) mass is 290 g/mol. The first kappa shape index (κ1) is 15.2. The van der Waals surface area contributed by atoms with Crippen molar-refractivity contribution in [1.29, 1.82) is 0 Å². The topological polar surface area (TPSA) is 91.7 Å². The summed E-state index contributed by atoms with van der Waals surface area (Å²) in [5, 5.41) is 23.5. The number of benzene rings is 1. The molecule has 1 heterocycles. The van der Waals surface area contributed by atoms with Crippen molar-refractivity contribution in [1.82, 2.24) is 4.98 Å². The largest absolute Gasteiger partial charge is 0.477 e. The molecule has 1 aromatic carbocycles. The predicted molar refractivity (Wildman–Crippen MR) is 79.7 cm³/mol. The molecule has 6 heteroatoms. The van der Waals surface area contributed by atoms with Crippen LogP contribution in [0, 0.1) is 0 Å². The average Bonchev–Trinajstić information content (AvgIpc) is 2.47. The molecule has 0 aliphatic heterocycles. The van der Waals surface area contributed by atoms with Crippen LogP contribution >= 0.6 is 0 Å². The number of anilines is 1. The molecule has 3 N–H and O–H groups in total. The summed E-state index contributed by atoms with van der Waals surface area (Å²) >= 11 is 0. The Morgan fingerprint density at radius 2 is 2.19 bits per heavy atom. The van der Waals surface area contributed by atoms with E-state index in [1.807, 2.05) is 24.3 Å². The number of aromatic nitrogens is 1. The predicted octanol–water partition coefficient (Wildman–Crippen LogP) is 1.74. The van der Waals surface area contributed by atoms with Crippen LogP contribution in [-0.4, -0.2) is 47.5 Å². The Morgan fingerprint density at radius 1 is 1.43 bits per heavy atom. The lowest BCUT2D eigenvalue weighted by Gasteiger charge is -2.12. The average molecular weight is 290 g/mol. The Kier molecular flexibility index (Phi) is 5.08. The zero-order chi connectivity index (χ0) is 15.2. The highest BCUT2D eigenvalue weighted by Gasteiger charge is 2.11. The maximum Gasteiger partial charge on any atom is 0.354 e. The first-order valence-electron chi connectivity index (χ1n) is 6.65. The zero-order valence-corrected chi connectivity index (χ0v) is 11.7. The van der Waals surface area contributed by atoms with Crippen LogP contribution < -0.4 is 5.32 Å². The van der Waals surface area contributed by atoms with Gasteiger partial charge in [-0.3, -0.25) is 0 Å². The Bertz CT molecular complexity index is 630. The van der Waals surface area contributed by atoms with Crippen LogP contribution in [-0.2, 0) is 4.74 Å². The van der Waals surface area contributed by atoms with E-state index in [0.29, 0.717) is 18.8 Å². The third kappa shape index (κ3) is 3.90. The van der Waals surface area contributed by atoms with Gasteiger partial charge in [-0.2, -0.15) is 0 Å². The van der Waals surface area contributed by atoms with Gasteiger partial charge in [0.1, 0.15) is 5.82 Å². The van der Waals surface area contributed by atoms with Crippen LogP contribution in [0.25, 0.3) is 10.8 Å². The SMILES string of the molecule is COCC(O)CCNc1nc(C(=O)O)cc2ccccc12. The molecule has 0 aliphatic carbocycles. The van der Waals surface area contributed by atoms with Gasteiger partial charge in [0.2, 0.25) is 0 Å². The molecule has 21 heavy (non-hydrogen) atoms.